The van der Waals surface area contributed by atoms with Gasteiger partial charge in [0, 0.05) is 5.56 Å². The van der Waals surface area contributed by atoms with Crippen molar-refractivity contribution in [3.8, 4) is 5.75 Å². The van der Waals surface area contributed by atoms with E-state index >= 15 is 0 Å². The van der Waals surface area contributed by atoms with Crippen molar-refractivity contribution in [3.63, 3.8) is 0 Å². The third kappa shape index (κ3) is 1.55. The number of carbonyl (C=O) groups excluding carboxylic acids is 1. The van der Waals surface area contributed by atoms with Crippen molar-refractivity contribution in [2.75, 3.05) is 13.7 Å². The third-order valence-corrected chi connectivity index (χ3v) is 3.14. The molecule has 86 valence electrons. The molecule has 0 bridgehead atoms. The Hall–Kier alpha value is -1.55. The minimum atomic E-state index is -0.757. The molecule has 2 rings (SSSR count). The van der Waals surface area contributed by atoms with Crippen molar-refractivity contribution >= 4 is 5.91 Å². The summed E-state index contributed by atoms with van der Waals surface area (Å²) in [4.78, 5) is 11.7. The molecule has 4 nitrogen and oxygen atoms in total. The average molecular weight is 220 g/mol. The molecule has 1 aliphatic rings. The molecule has 1 atom stereocenters. The van der Waals surface area contributed by atoms with Gasteiger partial charge in [-0.2, -0.15) is 0 Å². The highest BCUT2D eigenvalue weighted by Crippen LogP contribution is 2.36. The molecule has 16 heavy (non-hydrogen) atoms. The van der Waals surface area contributed by atoms with Crippen molar-refractivity contribution in [1.29, 1.82) is 0 Å². The van der Waals surface area contributed by atoms with Crippen molar-refractivity contribution in [1.82, 2.24) is 5.32 Å². The van der Waals surface area contributed by atoms with Gasteiger partial charge in [-0.15, -0.1) is 0 Å². The number of benzene rings is 1. The number of hydrogen-bond donors (Lipinski definition) is 2. The molecular weight excluding hydrogens is 204 g/mol. The Labute approximate surface area is 94.8 Å². The predicted molar refractivity (Wildman–Crippen MR) is 61.1 cm³/mol. The highest BCUT2D eigenvalue weighted by molar-refractivity contribution is 5.87. The summed E-state index contributed by atoms with van der Waals surface area (Å²) >= 11 is 0. The first-order chi connectivity index (χ1) is 7.70. The number of amides is 1. The highest BCUT2D eigenvalue weighted by Gasteiger charge is 2.42. The maximum Gasteiger partial charge on any atom is 0.242 e. The first kappa shape index (κ1) is 11.0. The van der Waals surface area contributed by atoms with Crippen LogP contribution in [0.2, 0.25) is 0 Å². The number of nitrogens with two attached hydrogens (primary N) is 1. The van der Waals surface area contributed by atoms with E-state index in [1.54, 1.807) is 7.11 Å². The molecule has 0 radical (unpaired) electrons. The summed E-state index contributed by atoms with van der Waals surface area (Å²) in [6.45, 7) is 0.807. The van der Waals surface area contributed by atoms with Gasteiger partial charge in [0.05, 0.1) is 7.11 Å². The molecule has 1 unspecified atom stereocenters. The summed E-state index contributed by atoms with van der Waals surface area (Å²) < 4.78 is 5.29. The highest BCUT2D eigenvalue weighted by atomic mass is 16.5. The molecule has 1 aromatic rings. The van der Waals surface area contributed by atoms with Crippen LogP contribution in [0.15, 0.2) is 24.3 Å². The Morgan fingerprint density at radius 2 is 2.25 bits per heavy atom. The molecule has 0 spiro atoms. The minimum Gasteiger partial charge on any atom is -0.496 e. The van der Waals surface area contributed by atoms with Crippen LogP contribution in [0.5, 0.6) is 5.75 Å². The Kier molecular flexibility index (Phi) is 2.83. The number of carbonyl (C=O) groups is 1. The molecule has 3 N–H and O–H groups in total. The van der Waals surface area contributed by atoms with Gasteiger partial charge < -0.3 is 10.5 Å². The lowest BCUT2D eigenvalue weighted by molar-refractivity contribution is -0.124. The molecule has 1 amide bonds. The molecule has 1 fully saturated rings. The first-order valence-electron chi connectivity index (χ1n) is 5.39. The van der Waals surface area contributed by atoms with Gasteiger partial charge in [-0.05, 0) is 25.5 Å². The molecule has 1 aliphatic heterocycles. The number of rotatable bonds is 3. The predicted octanol–water partition coefficient (Wildman–Crippen LogP) is 0.759. The van der Waals surface area contributed by atoms with E-state index in [9.17, 15) is 4.79 Å². The van der Waals surface area contributed by atoms with E-state index in [-0.39, 0.29) is 5.91 Å². The van der Waals surface area contributed by atoms with Crippen LogP contribution in [-0.4, -0.2) is 19.6 Å². The average Bonchev–Trinajstić information content (AvgIpc) is 2.79. The van der Waals surface area contributed by atoms with Gasteiger partial charge in [0.1, 0.15) is 11.3 Å². The summed E-state index contributed by atoms with van der Waals surface area (Å²) in [6.07, 6.45) is 1.67. The summed E-state index contributed by atoms with van der Waals surface area (Å²) in [6, 6.07) is 7.51. The minimum absolute atomic E-state index is 0.338. The van der Waals surface area contributed by atoms with E-state index < -0.39 is 5.54 Å². The van der Waals surface area contributed by atoms with Gasteiger partial charge in [0.2, 0.25) is 5.91 Å². The van der Waals surface area contributed by atoms with E-state index in [0.29, 0.717) is 5.75 Å². The van der Waals surface area contributed by atoms with Crippen LogP contribution in [0.25, 0.3) is 0 Å². The molecule has 1 saturated heterocycles. The largest absolute Gasteiger partial charge is 0.496 e. The van der Waals surface area contributed by atoms with E-state index in [1.807, 2.05) is 24.3 Å². The zero-order valence-electron chi connectivity index (χ0n) is 9.32. The summed E-state index contributed by atoms with van der Waals surface area (Å²) in [5.74, 6) is 0.366. The van der Waals surface area contributed by atoms with Crippen LogP contribution in [0.3, 0.4) is 0 Å². The van der Waals surface area contributed by atoms with Crippen molar-refractivity contribution in [3.05, 3.63) is 29.8 Å². The standard InChI is InChI=1S/C12H16N2O2/c1-16-10-6-3-2-5-9(10)12(11(13)15)7-4-8-14-12/h2-3,5-6,14H,4,7-8H2,1H3,(H2,13,15). The smallest absolute Gasteiger partial charge is 0.242 e. The summed E-state index contributed by atoms with van der Waals surface area (Å²) in [7, 11) is 1.60. The fourth-order valence-electron chi connectivity index (χ4n) is 2.31. The molecule has 0 saturated carbocycles. The number of para-hydroxylation sites is 1. The SMILES string of the molecule is COc1ccccc1C1(C(N)=O)CCCN1. The molecule has 0 aromatic heterocycles. The van der Waals surface area contributed by atoms with Crippen LogP contribution in [0.1, 0.15) is 18.4 Å². The monoisotopic (exact) mass is 220 g/mol. The first-order valence-corrected chi connectivity index (χ1v) is 5.39. The number of nitrogens with one attached hydrogen (secondary N) is 1. The number of hydrogen-bond acceptors (Lipinski definition) is 3. The molecule has 1 aromatic carbocycles. The maximum atomic E-state index is 11.7. The van der Waals surface area contributed by atoms with E-state index in [4.69, 9.17) is 10.5 Å². The van der Waals surface area contributed by atoms with E-state index in [0.717, 1.165) is 24.9 Å². The quantitative estimate of drug-likeness (QED) is 0.790. The summed E-state index contributed by atoms with van der Waals surface area (Å²) in [5.41, 5.74) is 5.61. The van der Waals surface area contributed by atoms with E-state index in [2.05, 4.69) is 5.32 Å². The van der Waals surface area contributed by atoms with E-state index in [1.165, 1.54) is 0 Å². The van der Waals surface area contributed by atoms with Crippen molar-refractivity contribution < 1.29 is 9.53 Å². The van der Waals surface area contributed by atoms with Crippen LogP contribution in [-0.2, 0) is 10.3 Å². The fraction of sp³-hybridized carbons (Fsp3) is 0.417. The maximum absolute atomic E-state index is 11.7. The summed E-state index contributed by atoms with van der Waals surface area (Å²) in [5, 5.41) is 3.21. The van der Waals surface area contributed by atoms with Gasteiger partial charge in [-0.1, -0.05) is 18.2 Å². The topological polar surface area (TPSA) is 64.3 Å². The Balaban J connectivity index is 2.51. The van der Waals surface area contributed by atoms with Gasteiger partial charge in [-0.3, -0.25) is 10.1 Å². The van der Waals surface area contributed by atoms with Crippen molar-refractivity contribution in [2.24, 2.45) is 5.73 Å². The lowest BCUT2D eigenvalue weighted by Gasteiger charge is -2.27. The normalized spacial score (nSPS) is 24.3. The Morgan fingerprint density at radius 1 is 1.50 bits per heavy atom. The Morgan fingerprint density at radius 3 is 2.81 bits per heavy atom. The number of ether oxygens (including phenoxy) is 1. The van der Waals surface area contributed by atoms with Crippen LogP contribution in [0, 0.1) is 0 Å². The lowest BCUT2D eigenvalue weighted by atomic mass is 9.87. The lowest BCUT2D eigenvalue weighted by Crippen LogP contribution is -2.48. The Bertz CT molecular complexity index is 398. The fourth-order valence-corrected chi connectivity index (χ4v) is 2.31. The van der Waals surface area contributed by atoms with Crippen LogP contribution < -0.4 is 15.8 Å². The molecule has 0 aliphatic carbocycles. The molecule has 4 heteroatoms. The molecule has 1 heterocycles. The van der Waals surface area contributed by atoms with Gasteiger partial charge >= 0.3 is 0 Å². The molecular formula is C12H16N2O2. The van der Waals surface area contributed by atoms with Gasteiger partial charge in [-0.25, -0.2) is 0 Å². The third-order valence-electron chi connectivity index (χ3n) is 3.14. The second-order valence-corrected chi connectivity index (χ2v) is 4.00. The second-order valence-electron chi connectivity index (χ2n) is 4.00. The number of primary amides is 1. The van der Waals surface area contributed by atoms with Crippen LogP contribution >= 0.6 is 0 Å². The zero-order valence-corrected chi connectivity index (χ0v) is 9.32. The number of methoxy groups -OCH3 is 1. The van der Waals surface area contributed by atoms with Crippen molar-refractivity contribution in [2.45, 2.75) is 18.4 Å². The zero-order chi connectivity index (χ0) is 11.6. The van der Waals surface area contributed by atoms with Gasteiger partial charge in [0.15, 0.2) is 0 Å². The second kappa shape index (κ2) is 4.14. The van der Waals surface area contributed by atoms with Crippen LogP contribution in [0.4, 0.5) is 0 Å². The van der Waals surface area contributed by atoms with Gasteiger partial charge in [0.25, 0.3) is 0 Å².